The summed E-state index contributed by atoms with van der Waals surface area (Å²) < 4.78 is 10.6. The molecule has 4 nitrogen and oxygen atoms in total. The smallest absolute Gasteiger partial charge is 0.118 e. The minimum absolute atomic E-state index is 0.0254. The number of benzene rings is 1. The van der Waals surface area contributed by atoms with Crippen LogP contribution in [0.1, 0.15) is 24.9 Å². The molecule has 1 rings (SSSR count). The van der Waals surface area contributed by atoms with E-state index < -0.39 is 0 Å². The van der Waals surface area contributed by atoms with E-state index in [2.05, 4.69) is 12.3 Å². The first-order valence-corrected chi connectivity index (χ1v) is 5.49. The monoisotopic (exact) mass is 224 g/mol. The summed E-state index contributed by atoms with van der Waals surface area (Å²) in [5.41, 5.74) is 3.85. The fourth-order valence-electron chi connectivity index (χ4n) is 1.42. The normalized spacial score (nSPS) is 12.4. The minimum atomic E-state index is 0.0254. The molecule has 0 bridgehead atoms. The molecule has 1 atom stereocenters. The zero-order chi connectivity index (χ0) is 11.8. The van der Waals surface area contributed by atoms with Crippen LogP contribution >= 0.6 is 0 Å². The van der Waals surface area contributed by atoms with E-state index in [9.17, 15) is 0 Å². The van der Waals surface area contributed by atoms with E-state index >= 15 is 0 Å². The highest BCUT2D eigenvalue weighted by molar-refractivity contribution is 5.29. The summed E-state index contributed by atoms with van der Waals surface area (Å²) in [6.07, 6.45) is 1.01. The first-order chi connectivity index (χ1) is 7.81. The SMILES string of the molecule is CCCOCC(NN)c1ccc(OC)cc1. The Morgan fingerprint density at radius 3 is 2.50 bits per heavy atom. The maximum absolute atomic E-state index is 5.50. The highest BCUT2D eigenvalue weighted by Crippen LogP contribution is 2.17. The summed E-state index contributed by atoms with van der Waals surface area (Å²) in [5, 5.41) is 0. The van der Waals surface area contributed by atoms with Gasteiger partial charge in [-0.15, -0.1) is 0 Å². The van der Waals surface area contributed by atoms with Gasteiger partial charge in [-0.25, -0.2) is 0 Å². The third-order valence-corrected chi connectivity index (χ3v) is 2.35. The molecule has 1 aromatic carbocycles. The minimum Gasteiger partial charge on any atom is -0.497 e. The topological polar surface area (TPSA) is 56.5 Å². The number of nitrogens with two attached hydrogens (primary N) is 1. The van der Waals surface area contributed by atoms with Gasteiger partial charge < -0.3 is 9.47 Å². The van der Waals surface area contributed by atoms with E-state index in [0.717, 1.165) is 24.3 Å². The van der Waals surface area contributed by atoms with E-state index in [1.165, 1.54) is 0 Å². The Hall–Kier alpha value is -1.10. The van der Waals surface area contributed by atoms with Gasteiger partial charge in [-0.1, -0.05) is 19.1 Å². The zero-order valence-electron chi connectivity index (χ0n) is 9.90. The Morgan fingerprint density at radius 1 is 1.31 bits per heavy atom. The van der Waals surface area contributed by atoms with Crippen molar-refractivity contribution in [1.82, 2.24) is 5.43 Å². The van der Waals surface area contributed by atoms with Gasteiger partial charge in [0.25, 0.3) is 0 Å². The Balaban J connectivity index is 2.56. The fourth-order valence-corrected chi connectivity index (χ4v) is 1.42. The summed E-state index contributed by atoms with van der Waals surface area (Å²) in [5.74, 6) is 6.34. The molecule has 3 N–H and O–H groups in total. The number of hydrogen-bond donors (Lipinski definition) is 2. The van der Waals surface area contributed by atoms with Gasteiger partial charge in [-0.3, -0.25) is 11.3 Å². The summed E-state index contributed by atoms with van der Waals surface area (Å²) in [7, 11) is 1.65. The lowest BCUT2D eigenvalue weighted by atomic mass is 10.1. The van der Waals surface area contributed by atoms with Crippen LogP contribution in [0.25, 0.3) is 0 Å². The van der Waals surface area contributed by atoms with E-state index in [-0.39, 0.29) is 6.04 Å². The highest BCUT2D eigenvalue weighted by atomic mass is 16.5. The van der Waals surface area contributed by atoms with E-state index in [1.807, 2.05) is 24.3 Å². The van der Waals surface area contributed by atoms with Crippen LogP contribution in [0.15, 0.2) is 24.3 Å². The molecule has 0 saturated carbocycles. The average Bonchev–Trinajstić information content (AvgIpc) is 2.35. The lowest BCUT2D eigenvalue weighted by molar-refractivity contribution is 0.112. The second-order valence-corrected chi connectivity index (χ2v) is 3.57. The van der Waals surface area contributed by atoms with Gasteiger partial charge in [0.05, 0.1) is 19.8 Å². The van der Waals surface area contributed by atoms with Crippen molar-refractivity contribution in [2.24, 2.45) is 5.84 Å². The molecule has 0 saturated heterocycles. The molecule has 0 radical (unpaired) electrons. The van der Waals surface area contributed by atoms with Gasteiger partial charge in [-0.05, 0) is 24.1 Å². The van der Waals surface area contributed by atoms with Crippen molar-refractivity contribution in [3.8, 4) is 5.75 Å². The maximum atomic E-state index is 5.50. The van der Waals surface area contributed by atoms with E-state index in [0.29, 0.717) is 6.61 Å². The number of ether oxygens (including phenoxy) is 2. The molecule has 0 spiro atoms. The summed E-state index contributed by atoms with van der Waals surface area (Å²) in [6.45, 7) is 3.42. The van der Waals surface area contributed by atoms with Gasteiger partial charge in [0, 0.05) is 6.61 Å². The summed E-state index contributed by atoms with van der Waals surface area (Å²) >= 11 is 0. The highest BCUT2D eigenvalue weighted by Gasteiger charge is 2.09. The molecule has 16 heavy (non-hydrogen) atoms. The van der Waals surface area contributed by atoms with Gasteiger partial charge >= 0.3 is 0 Å². The first kappa shape index (κ1) is 13.0. The lowest BCUT2D eigenvalue weighted by Gasteiger charge is -2.16. The van der Waals surface area contributed by atoms with Crippen LogP contribution in [0.2, 0.25) is 0 Å². The zero-order valence-corrected chi connectivity index (χ0v) is 9.90. The number of nitrogens with one attached hydrogen (secondary N) is 1. The third-order valence-electron chi connectivity index (χ3n) is 2.35. The second-order valence-electron chi connectivity index (χ2n) is 3.57. The van der Waals surface area contributed by atoms with Crippen LogP contribution in [0, 0.1) is 0 Å². The summed E-state index contributed by atoms with van der Waals surface area (Å²) in [6, 6.07) is 7.83. The molecule has 1 unspecified atom stereocenters. The van der Waals surface area contributed by atoms with E-state index in [1.54, 1.807) is 7.11 Å². The molecule has 0 aromatic heterocycles. The fraction of sp³-hybridized carbons (Fsp3) is 0.500. The van der Waals surface area contributed by atoms with Crippen molar-refractivity contribution < 1.29 is 9.47 Å². The first-order valence-electron chi connectivity index (χ1n) is 5.49. The van der Waals surface area contributed by atoms with Crippen LogP contribution in [0.5, 0.6) is 5.75 Å². The molecule has 90 valence electrons. The maximum Gasteiger partial charge on any atom is 0.118 e. The van der Waals surface area contributed by atoms with Crippen molar-refractivity contribution in [3.05, 3.63) is 29.8 Å². The molecule has 0 aliphatic carbocycles. The second kappa shape index (κ2) is 7.22. The molecule has 0 amide bonds. The number of hydrazine groups is 1. The molecular weight excluding hydrogens is 204 g/mol. The van der Waals surface area contributed by atoms with Crippen molar-refractivity contribution >= 4 is 0 Å². The number of methoxy groups -OCH3 is 1. The van der Waals surface area contributed by atoms with Crippen LogP contribution in [-0.4, -0.2) is 20.3 Å². The standard InChI is InChI=1S/C12H20N2O2/c1-3-8-16-9-12(14-13)10-4-6-11(15-2)7-5-10/h4-7,12,14H,3,8-9,13H2,1-2H3. The molecule has 0 fully saturated rings. The van der Waals surface area contributed by atoms with Gasteiger partial charge in [-0.2, -0.15) is 0 Å². The van der Waals surface area contributed by atoms with Crippen molar-refractivity contribution in [2.75, 3.05) is 20.3 Å². The molecule has 1 aromatic rings. The van der Waals surface area contributed by atoms with E-state index in [4.69, 9.17) is 15.3 Å². The van der Waals surface area contributed by atoms with Crippen molar-refractivity contribution in [3.63, 3.8) is 0 Å². The predicted molar refractivity (Wildman–Crippen MR) is 64.2 cm³/mol. The Bertz CT molecular complexity index is 288. The quantitative estimate of drug-likeness (QED) is 0.420. The van der Waals surface area contributed by atoms with Gasteiger partial charge in [0.2, 0.25) is 0 Å². The predicted octanol–water partition coefficient (Wildman–Crippen LogP) is 1.63. The van der Waals surface area contributed by atoms with Crippen LogP contribution in [0.3, 0.4) is 0 Å². The summed E-state index contributed by atoms with van der Waals surface area (Å²) in [4.78, 5) is 0. The van der Waals surface area contributed by atoms with Gasteiger partial charge in [0.1, 0.15) is 5.75 Å². The third kappa shape index (κ3) is 3.81. The van der Waals surface area contributed by atoms with Gasteiger partial charge in [0.15, 0.2) is 0 Å². The van der Waals surface area contributed by atoms with Crippen LogP contribution in [-0.2, 0) is 4.74 Å². The Morgan fingerprint density at radius 2 is 2.00 bits per heavy atom. The largest absolute Gasteiger partial charge is 0.497 e. The van der Waals surface area contributed by atoms with Crippen molar-refractivity contribution in [1.29, 1.82) is 0 Å². The average molecular weight is 224 g/mol. The lowest BCUT2D eigenvalue weighted by Crippen LogP contribution is -2.31. The molecular formula is C12H20N2O2. The van der Waals surface area contributed by atoms with Crippen LogP contribution in [0.4, 0.5) is 0 Å². The molecule has 0 aliphatic rings. The number of hydrogen-bond acceptors (Lipinski definition) is 4. The van der Waals surface area contributed by atoms with Crippen LogP contribution < -0.4 is 16.0 Å². The molecule has 4 heteroatoms. The Labute approximate surface area is 96.7 Å². The molecule has 0 heterocycles. The number of rotatable bonds is 7. The van der Waals surface area contributed by atoms with Crippen molar-refractivity contribution in [2.45, 2.75) is 19.4 Å². The Kier molecular flexibility index (Phi) is 5.85. The molecule has 0 aliphatic heterocycles.